The van der Waals surface area contributed by atoms with Crippen LogP contribution in [0.1, 0.15) is 19.8 Å². The van der Waals surface area contributed by atoms with Crippen LogP contribution in [0, 0.1) is 0 Å². The van der Waals surface area contributed by atoms with Gasteiger partial charge in [-0.15, -0.1) is 6.58 Å². The Kier molecular flexibility index (Phi) is 7.27. The van der Waals surface area contributed by atoms with Gasteiger partial charge in [0.1, 0.15) is 12.6 Å². The van der Waals surface area contributed by atoms with E-state index in [-0.39, 0.29) is 13.2 Å². The molecule has 0 radical (unpaired) electrons. The summed E-state index contributed by atoms with van der Waals surface area (Å²) in [6.45, 7) is 5.42. The van der Waals surface area contributed by atoms with E-state index in [9.17, 15) is 9.59 Å². The molecule has 0 aliphatic heterocycles. The molecule has 1 unspecified atom stereocenters. The zero-order valence-electron chi connectivity index (χ0n) is 8.86. The molecule has 15 heavy (non-hydrogen) atoms. The van der Waals surface area contributed by atoms with Gasteiger partial charge in [0.05, 0.1) is 6.61 Å². The first-order valence-electron chi connectivity index (χ1n) is 4.82. The van der Waals surface area contributed by atoms with Crippen molar-refractivity contribution in [3.05, 3.63) is 12.7 Å². The number of hydrogen-bond acceptors (Lipinski definition) is 3. The van der Waals surface area contributed by atoms with Gasteiger partial charge in [-0.2, -0.15) is 0 Å². The molecule has 0 heterocycles. The molecule has 0 aromatic heterocycles. The van der Waals surface area contributed by atoms with Crippen LogP contribution in [-0.2, 0) is 14.3 Å². The molecule has 0 saturated heterocycles. The Morgan fingerprint density at radius 2 is 2.27 bits per heavy atom. The first-order valence-corrected chi connectivity index (χ1v) is 4.82. The van der Waals surface area contributed by atoms with Crippen molar-refractivity contribution in [3.8, 4) is 0 Å². The van der Waals surface area contributed by atoms with E-state index in [1.807, 2.05) is 6.92 Å². The molecule has 2 N–H and O–H groups in total. The van der Waals surface area contributed by atoms with E-state index in [1.54, 1.807) is 0 Å². The predicted molar refractivity (Wildman–Crippen MR) is 55.5 cm³/mol. The molecule has 0 spiro atoms. The van der Waals surface area contributed by atoms with Crippen molar-refractivity contribution >= 4 is 11.9 Å². The lowest BCUT2D eigenvalue weighted by Gasteiger charge is -2.13. The highest BCUT2D eigenvalue weighted by Gasteiger charge is 2.18. The van der Waals surface area contributed by atoms with Crippen LogP contribution in [0.25, 0.3) is 0 Å². The van der Waals surface area contributed by atoms with Gasteiger partial charge in [0.25, 0.3) is 0 Å². The molecule has 0 aromatic carbocycles. The summed E-state index contributed by atoms with van der Waals surface area (Å²) in [7, 11) is 0. The number of carboxylic acid groups (broad SMARTS) is 1. The third kappa shape index (κ3) is 6.68. The summed E-state index contributed by atoms with van der Waals surface area (Å²) in [6, 6.07) is -0.824. The Labute approximate surface area is 89.1 Å². The number of carboxylic acids is 1. The fourth-order valence-electron chi connectivity index (χ4n) is 1.02. The van der Waals surface area contributed by atoms with Crippen molar-refractivity contribution in [2.45, 2.75) is 25.8 Å². The summed E-state index contributed by atoms with van der Waals surface area (Å²) in [6.07, 6.45) is 2.64. The van der Waals surface area contributed by atoms with Crippen LogP contribution in [0.2, 0.25) is 0 Å². The molecule has 5 nitrogen and oxygen atoms in total. The van der Waals surface area contributed by atoms with Crippen LogP contribution in [0.5, 0.6) is 0 Å². The highest BCUT2D eigenvalue weighted by atomic mass is 16.5. The monoisotopic (exact) mass is 215 g/mol. The molecule has 1 amide bonds. The summed E-state index contributed by atoms with van der Waals surface area (Å²) < 4.78 is 4.88. The van der Waals surface area contributed by atoms with Gasteiger partial charge in [0.2, 0.25) is 5.91 Å². The number of carbonyl (C=O) groups excluding carboxylic acids is 1. The second-order valence-corrected chi connectivity index (χ2v) is 3.05. The summed E-state index contributed by atoms with van der Waals surface area (Å²) in [4.78, 5) is 21.9. The molecule has 0 rings (SSSR count). The van der Waals surface area contributed by atoms with Crippen LogP contribution in [0.15, 0.2) is 12.7 Å². The van der Waals surface area contributed by atoms with Crippen molar-refractivity contribution in [2.75, 3.05) is 13.2 Å². The Bertz CT molecular complexity index is 227. The lowest BCUT2D eigenvalue weighted by atomic mass is 10.2. The zero-order chi connectivity index (χ0) is 11.7. The Morgan fingerprint density at radius 1 is 1.60 bits per heavy atom. The topological polar surface area (TPSA) is 75.6 Å². The van der Waals surface area contributed by atoms with Crippen LogP contribution in [0.3, 0.4) is 0 Å². The lowest BCUT2D eigenvalue weighted by molar-refractivity contribution is -0.142. The Balaban J connectivity index is 3.88. The maximum absolute atomic E-state index is 11.2. The Morgan fingerprint density at radius 3 is 2.73 bits per heavy atom. The molecule has 0 fully saturated rings. The molecular formula is C10H17NO4. The first kappa shape index (κ1) is 13.6. The molecule has 0 aliphatic carbocycles. The standard InChI is InChI=1S/C10H17NO4/c1-3-5-8(10(13)14)11-9(12)7-15-6-4-2/h4,8H,2-3,5-7H2,1H3,(H,11,12)(H,13,14). The van der Waals surface area contributed by atoms with E-state index in [0.29, 0.717) is 12.8 Å². The number of nitrogens with one attached hydrogen (secondary N) is 1. The minimum absolute atomic E-state index is 0.139. The SMILES string of the molecule is C=CCOCC(=O)NC(CCC)C(=O)O. The zero-order valence-corrected chi connectivity index (χ0v) is 8.86. The van der Waals surface area contributed by atoms with Gasteiger partial charge in [-0.05, 0) is 6.42 Å². The lowest BCUT2D eigenvalue weighted by Crippen LogP contribution is -2.42. The molecule has 0 aromatic rings. The fraction of sp³-hybridized carbons (Fsp3) is 0.600. The van der Waals surface area contributed by atoms with Gasteiger partial charge in [-0.1, -0.05) is 19.4 Å². The molecule has 86 valence electrons. The number of amides is 1. The fourth-order valence-corrected chi connectivity index (χ4v) is 1.02. The second-order valence-electron chi connectivity index (χ2n) is 3.05. The van der Waals surface area contributed by atoms with Crippen molar-refractivity contribution in [2.24, 2.45) is 0 Å². The largest absolute Gasteiger partial charge is 0.480 e. The van der Waals surface area contributed by atoms with E-state index in [4.69, 9.17) is 9.84 Å². The number of hydrogen-bond donors (Lipinski definition) is 2. The van der Waals surface area contributed by atoms with Gasteiger partial charge in [-0.25, -0.2) is 4.79 Å². The van der Waals surface area contributed by atoms with Crippen LogP contribution in [-0.4, -0.2) is 36.2 Å². The van der Waals surface area contributed by atoms with Crippen molar-refractivity contribution in [1.29, 1.82) is 0 Å². The number of aliphatic carboxylic acids is 1. The van der Waals surface area contributed by atoms with Crippen molar-refractivity contribution < 1.29 is 19.4 Å². The first-order chi connectivity index (χ1) is 7.11. The average molecular weight is 215 g/mol. The smallest absolute Gasteiger partial charge is 0.326 e. The summed E-state index contributed by atoms with van der Waals surface area (Å²) in [5.74, 6) is -1.44. The molecular weight excluding hydrogens is 198 g/mol. The Hall–Kier alpha value is -1.36. The van der Waals surface area contributed by atoms with Gasteiger partial charge in [-0.3, -0.25) is 4.79 Å². The van der Waals surface area contributed by atoms with E-state index in [0.717, 1.165) is 0 Å². The van der Waals surface area contributed by atoms with Crippen molar-refractivity contribution in [3.63, 3.8) is 0 Å². The normalized spacial score (nSPS) is 11.8. The quantitative estimate of drug-likeness (QED) is 0.458. The predicted octanol–water partition coefficient (Wildman–Crippen LogP) is 0.558. The van der Waals surface area contributed by atoms with Gasteiger partial charge in [0, 0.05) is 0 Å². The number of carbonyl (C=O) groups is 2. The summed E-state index contributed by atoms with van der Waals surface area (Å²) in [5.41, 5.74) is 0. The molecule has 0 bridgehead atoms. The second kappa shape index (κ2) is 7.99. The minimum Gasteiger partial charge on any atom is -0.480 e. The third-order valence-corrected chi connectivity index (χ3v) is 1.68. The van der Waals surface area contributed by atoms with E-state index in [1.165, 1.54) is 6.08 Å². The maximum atomic E-state index is 11.2. The molecule has 1 atom stereocenters. The molecule has 5 heteroatoms. The van der Waals surface area contributed by atoms with Gasteiger partial charge < -0.3 is 15.2 Å². The minimum atomic E-state index is -1.02. The summed E-state index contributed by atoms with van der Waals surface area (Å²) in [5, 5.41) is 11.1. The maximum Gasteiger partial charge on any atom is 0.326 e. The number of ether oxygens (including phenoxy) is 1. The average Bonchev–Trinajstić information content (AvgIpc) is 2.17. The van der Waals surface area contributed by atoms with E-state index in [2.05, 4.69) is 11.9 Å². The highest BCUT2D eigenvalue weighted by molar-refractivity contribution is 5.84. The van der Waals surface area contributed by atoms with Crippen LogP contribution >= 0.6 is 0 Å². The highest BCUT2D eigenvalue weighted by Crippen LogP contribution is 1.96. The van der Waals surface area contributed by atoms with Gasteiger partial charge in [0.15, 0.2) is 0 Å². The number of rotatable bonds is 8. The van der Waals surface area contributed by atoms with Crippen LogP contribution in [0.4, 0.5) is 0 Å². The van der Waals surface area contributed by atoms with Gasteiger partial charge >= 0.3 is 5.97 Å². The molecule has 0 saturated carbocycles. The van der Waals surface area contributed by atoms with Crippen LogP contribution < -0.4 is 5.32 Å². The van der Waals surface area contributed by atoms with E-state index < -0.39 is 17.9 Å². The van der Waals surface area contributed by atoms with Crippen molar-refractivity contribution in [1.82, 2.24) is 5.32 Å². The van der Waals surface area contributed by atoms with E-state index >= 15 is 0 Å². The summed E-state index contributed by atoms with van der Waals surface area (Å²) >= 11 is 0. The third-order valence-electron chi connectivity index (χ3n) is 1.68. The molecule has 0 aliphatic rings.